The van der Waals surface area contributed by atoms with Crippen LogP contribution in [0.25, 0.3) is 0 Å². The molecule has 3 aliphatic rings. The Labute approximate surface area is 131 Å². The Morgan fingerprint density at radius 2 is 2.05 bits per heavy atom. The fourth-order valence-corrected chi connectivity index (χ4v) is 3.65. The second kappa shape index (κ2) is 6.95. The Kier molecular flexibility index (Phi) is 6.08. The molecule has 2 N–H and O–H groups in total. The van der Waals surface area contributed by atoms with E-state index in [0.717, 1.165) is 32.1 Å². The van der Waals surface area contributed by atoms with Gasteiger partial charge in [-0.05, 0) is 38.0 Å². The lowest BCUT2D eigenvalue weighted by atomic mass is 9.85. The van der Waals surface area contributed by atoms with Gasteiger partial charge >= 0.3 is 0 Å². The van der Waals surface area contributed by atoms with Gasteiger partial charge in [-0.3, -0.25) is 4.79 Å². The number of amides is 1. The predicted molar refractivity (Wildman–Crippen MR) is 78.9 cm³/mol. The maximum atomic E-state index is 12.5. The van der Waals surface area contributed by atoms with Crippen LogP contribution in [0.2, 0.25) is 0 Å². The molecule has 2 aliphatic heterocycles. The first-order chi connectivity index (χ1) is 8.70. The van der Waals surface area contributed by atoms with Crippen LogP contribution in [0.15, 0.2) is 0 Å². The number of fused-ring (bicyclic) bond motifs is 2. The standard InChI is InChI=1S/C13H19N3O2.2ClH/c14-7-9-2-1-5-16(9)13(18)12-8-3-4-11(17)10(6-8)15-12;;/h8-12,15,17H,1-6H2;2*1H/t8-,9+,10-,11-,12+;;/m1../s1. The zero-order valence-electron chi connectivity index (χ0n) is 11.2. The van der Waals surface area contributed by atoms with E-state index in [4.69, 9.17) is 5.26 Å². The SMILES string of the molecule is Cl.Cl.N#C[C@@H]1CCCN1C(=O)[C@H]1N[C@@H]2C[C@H]1CC[C@H]2O. The first kappa shape index (κ1) is 17.5. The molecule has 0 spiro atoms. The van der Waals surface area contributed by atoms with Gasteiger partial charge in [0.2, 0.25) is 5.91 Å². The summed E-state index contributed by atoms with van der Waals surface area (Å²) in [7, 11) is 0. The van der Waals surface area contributed by atoms with Crippen molar-refractivity contribution in [3.05, 3.63) is 0 Å². The van der Waals surface area contributed by atoms with Crippen molar-refractivity contribution in [3.8, 4) is 6.07 Å². The largest absolute Gasteiger partial charge is 0.392 e. The molecule has 0 aromatic rings. The molecule has 0 aromatic heterocycles. The van der Waals surface area contributed by atoms with E-state index in [1.54, 1.807) is 4.90 Å². The molecular weight excluding hydrogens is 301 g/mol. The number of hydrogen-bond acceptors (Lipinski definition) is 4. The second-order valence-electron chi connectivity index (χ2n) is 5.71. The highest BCUT2D eigenvalue weighted by Gasteiger charge is 2.46. The summed E-state index contributed by atoms with van der Waals surface area (Å²) in [4.78, 5) is 14.2. The smallest absolute Gasteiger partial charge is 0.241 e. The van der Waals surface area contributed by atoms with E-state index in [9.17, 15) is 9.90 Å². The zero-order chi connectivity index (χ0) is 12.7. The van der Waals surface area contributed by atoms with Crippen LogP contribution in [-0.2, 0) is 4.79 Å². The minimum absolute atomic E-state index is 0. The van der Waals surface area contributed by atoms with Crippen molar-refractivity contribution in [2.45, 2.75) is 56.3 Å². The summed E-state index contributed by atoms with van der Waals surface area (Å²) >= 11 is 0. The summed E-state index contributed by atoms with van der Waals surface area (Å²) in [5, 5.41) is 22.1. The summed E-state index contributed by atoms with van der Waals surface area (Å²) in [5.41, 5.74) is 0. The minimum atomic E-state index is -0.315. The van der Waals surface area contributed by atoms with Gasteiger partial charge in [0.15, 0.2) is 0 Å². The molecule has 2 bridgehead atoms. The summed E-state index contributed by atoms with van der Waals surface area (Å²) in [6, 6.07) is 1.86. The van der Waals surface area contributed by atoms with Gasteiger partial charge in [-0.1, -0.05) is 0 Å². The second-order valence-corrected chi connectivity index (χ2v) is 5.71. The van der Waals surface area contributed by atoms with Crippen LogP contribution >= 0.6 is 24.8 Å². The topological polar surface area (TPSA) is 76.4 Å². The summed E-state index contributed by atoms with van der Waals surface area (Å²) in [6.07, 6.45) is 3.99. The van der Waals surface area contributed by atoms with E-state index in [2.05, 4.69) is 11.4 Å². The van der Waals surface area contributed by atoms with Gasteiger partial charge in [-0.25, -0.2) is 0 Å². The lowest BCUT2D eigenvalue weighted by Crippen LogP contribution is -2.49. The summed E-state index contributed by atoms with van der Waals surface area (Å²) in [6.45, 7) is 0.704. The van der Waals surface area contributed by atoms with Gasteiger partial charge in [0.05, 0.1) is 18.2 Å². The molecule has 1 amide bonds. The number of halogens is 2. The average molecular weight is 322 g/mol. The third-order valence-corrected chi connectivity index (χ3v) is 4.67. The Bertz CT molecular complexity index is 402. The van der Waals surface area contributed by atoms with Crippen LogP contribution < -0.4 is 5.32 Å². The molecule has 114 valence electrons. The first-order valence-corrected chi connectivity index (χ1v) is 6.85. The molecule has 0 radical (unpaired) electrons. The Balaban J connectivity index is 0.000001000. The van der Waals surface area contributed by atoms with E-state index < -0.39 is 0 Å². The first-order valence-electron chi connectivity index (χ1n) is 6.85. The fraction of sp³-hybridized carbons (Fsp3) is 0.846. The van der Waals surface area contributed by atoms with Crippen molar-refractivity contribution < 1.29 is 9.90 Å². The number of carbonyl (C=O) groups excluding carboxylic acids is 1. The molecule has 3 fully saturated rings. The van der Waals surface area contributed by atoms with Crippen molar-refractivity contribution in [1.82, 2.24) is 10.2 Å². The van der Waals surface area contributed by atoms with Crippen LogP contribution in [0.3, 0.4) is 0 Å². The maximum Gasteiger partial charge on any atom is 0.241 e. The summed E-state index contributed by atoms with van der Waals surface area (Å²) in [5.74, 6) is 0.409. The lowest BCUT2D eigenvalue weighted by Gasteiger charge is -2.26. The molecule has 3 rings (SSSR count). The number of nitrogens with zero attached hydrogens (tertiary/aromatic N) is 2. The van der Waals surface area contributed by atoms with Crippen LogP contribution in [0.4, 0.5) is 0 Å². The highest BCUT2D eigenvalue weighted by molar-refractivity contribution is 5.85. The van der Waals surface area contributed by atoms with Gasteiger partial charge in [0.1, 0.15) is 6.04 Å². The Hall–Kier alpha value is -0.540. The molecular formula is C13H21Cl2N3O2. The van der Waals surface area contributed by atoms with Crippen LogP contribution in [0.1, 0.15) is 32.1 Å². The van der Waals surface area contributed by atoms with Crippen molar-refractivity contribution in [2.75, 3.05) is 6.54 Å². The molecule has 5 atom stereocenters. The molecule has 1 aliphatic carbocycles. The third kappa shape index (κ3) is 2.89. The number of aliphatic hydroxyl groups is 1. The molecule has 0 unspecified atom stereocenters. The molecule has 2 saturated heterocycles. The van der Waals surface area contributed by atoms with E-state index >= 15 is 0 Å². The van der Waals surface area contributed by atoms with Gasteiger partial charge in [-0.15, -0.1) is 24.8 Å². The van der Waals surface area contributed by atoms with Gasteiger partial charge in [0.25, 0.3) is 0 Å². The number of rotatable bonds is 1. The van der Waals surface area contributed by atoms with Crippen molar-refractivity contribution in [2.24, 2.45) is 5.92 Å². The van der Waals surface area contributed by atoms with Crippen LogP contribution in [-0.4, -0.2) is 46.7 Å². The van der Waals surface area contributed by atoms with E-state index in [0.29, 0.717) is 12.5 Å². The number of aliphatic hydroxyl groups excluding tert-OH is 1. The zero-order valence-corrected chi connectivity index (χ0v) is 12.8. The van der Waals surface area contributed by atoms with Gasteiger partial charge in [0, 0.05) is 12.6 Å². The normalized spacial score (nSPS) is 38.6. The van der Waals surface area contributed by atoms with E-state index in [-0.39, 0.29) is 55.0 Å². The van der Waals surface area contributed by atoms with Crippen LogP contribution in [0.5, 0.6) is 0 Å². The lowest BCUT2D eigenvalue weighted by molar-refractivity contribution is -0.134. The van der Waals surface area contributed by atoms with E-state index in [1.807, 2.05) is 0 Å². The molecule has 1 saturated carbocycles. The molecule has 5 nitrogen and oxygen atoms in total. The Morgan fingerprint density at radius 1 is 1.30 bits per heavy atom. The fourth-order valence-electron chi connectivity index (χ4n) is 3.65. The molecule has 7 heteroatoms. The number of likely N-dealkylation sites (tertiary alicyclic amines) is 1. The van der Waals surface area contributed by atoms with E-state index in [1.165, 1.54) is 0 Å². The third-order valence-electron chi connectivity index (χ3n) is 4.67. The number of carbonyl (C=O) groups is 1. The average Bonchev–Trinajstić information content (AvgIpc) is 2.98. The van der Waals surface area contributed by atoms with Gasteiger partial charge in [-0.2, -0.15) is 5.26 Å². The monoisotopic (exact) mass is 321 g/mol. The molecule has 20 heavy (non-hydrogen) atoms. The number of hydrogen-bond donors (Lipinski definition) is 2. The quantitative estimate of drug-likeness (QED) is 0.750. The summed E-state index contributed by atoms with van der Waals surface area (Å²) < 4.78 is 0. The van der Waals surface area contributed by atoms with Crippen molar-refractivity contribution in [1.29, 1.82) is 5.26 Å². The van der Waals surface area contributed by atoms with Gasteiger partial charge < -0.3 is 15.3 Å². The molecule has 0 aromatic carbocycles. The highest BCUT2D eigenvalue weighted by Crippen LogP contribution is 2.35. The highest BCUT2D eigenvalue weighted by atomic mass is 35.5. The number of nitrogens with one attached hydrogen (secondary N) is 1. The van der Waals surface area contributed by atoms with Crippen molar-refractivity contribution >= 4 is 30.7 Å². The maximum absolute atomic E-state index is 12.5. The minimum Gasteiger partial charge on any atom is -0.392 e. The van der Waals surface area contributed by atoms with Crippen molar-refractivity contribution in [3.63, 3.8) is 0 Å². The number of nitriles is 1. The van der Waals surface area contributed by atoms with Crippen LogP contribution in [0, 0.1) is 17.2 Å². The predicted octanol–water partition coefficient (Wildman–Crippen LogP) is 0.846. The molecule has 2 heterocycles. The Morgan fingerprint density at radius 3 is 2.70 bits per heavy atom.